The number of halogens is 1. The minimum absolute atomic E-state index is 0.144. The molecule has 2 rings (SSSR count). The second-order valence-corrected chi connectivity index (χ2v) is 4.85. The maximum atomic E-state index is 13.5. The van der Waals surface area contributed by atoms with E-state index in [-0.39, 0.29) is 18.3 Å². The van der Waals surface area contributed by atoms with Gasteiger partial charge >= 0.3 is 0 Å². The largest absolute Gasteiger partial charge is 0.371 e. The Balaban J connectivity index is 2.00. The highest BCUT2D eigenvalue weighted by atomic mass is 19.1. The summed E-state index contributed by atoms with van der Waals surface area (Å²) in [4.78, 5) is 18.4. The van der Waals surface area contributed by atoms with Gasteiger partial charge in [0.1, 0.15) is 11.5 Å². The number of carbonyl (C=O) groups excluding carboxylic acids is 1. The maximum Gasteiger partial charge on any atom is 0.270 e. The van der Waals surface area contributed by atoms with Crippen LogP contribution in [0.5, 0.6) is 0 Å². The third-order valence-corrected chi connectivity index (χ3v) is 3.51. The summed E-state index contributed by atoms with van der Waals surface area (Å²) in [5.41, 5.74) is 1.76. The molecule has 0 saturated carbocycles. The van der Waals surface area contributed by atoms with Gasteiger partial charge in [0, 0.05) is 25.2 Å². The first kappa shape index (κ1) is 15.9. The van der Waals surface area contributed by atoms with Crippen LogP contribution in [0.25, 0.3) is 0 Å². The fourth-order valence-electron chi connectivity index (χ4n) is 2.20. The van der Waals surface area contributed by atoms with E-state index >= 15 is 0 Å². The number of anilines is 1. The molecule has 116 valence electrons. The molecule has 0 fully saturated rings. The van der Waals surface area contributed by atoms with Gasteiger partial charge in [-0.2, -0.15) is 0 Å². The summed E-state index contributed by atoms with van der Waals surface area (Å²) in [7, 11) is 0. The van der Waals surface area contributed by atoms with Crippen LogP contribution in [-0.2, 0) is 6.54 Å². The van der Waals surface area contributed by atoms with Crippen LogP contribution in [0.2, 0.25) is 0 Å². The number of benzene rings is 1. The number of nitrogens with one attached hydrogen (secondary N) is 1. The lowest BCUT2D eigenvalue weighted by Gasteiger charge is -2.20. The molecule has 4 nitrogen and oxygen atoms in total. The normalized spacial score (nSPS) is 10.3. The van der Waals surface area contributed by atoms with Crippen LogP contribution in [0.3, 0.4) is 0 Å². The lowest BCUT2D eigenvalue weighted by molar-refractivity contribution is 0.0945. The molecule has 0 aliphatic heterocycles. The van der Waals surface area contributed by atoms with Gasteiger partial charge in [-0.15, -0.1) is 0 Å². The molecule has 0 atom stereocenters. The molecule has 0 bridgehead atoms. The van der Waals surface area contributed by atoms with Crippen LogP contribution in [0, 0.1) is 5.82 Å². The van der Waals surface area contributed by atoms with Gasteiger partial charge in [-0.1, -0.05) is 18.2 Å². The monoisotopic (exact) mass is 301 g/mol. The highest BCUT2D eigenvalue weighted by Gasteiger charge is 2.09. The zero-order valence-corrected chi connectivity index (χ0v) is 12.8. The molecule has 0 aliphatic rings. The molecule has 2 aromatic rings. The van der Waals surface area contributed by atoms with Crippen molar-refractivity contribution >= 4 is 11.6 Å². The van der Waals surface area contributed by atoms with Crippen LogP contribution in [0.15, 0.2) is 42.6 Å². The SMILES string of the molecule is CCN(CC)c1ccc(C(=O)NCc2ccccc2F)nc1. The van der Waals surface area contributed by atoms with E-state index in [4.69, 9.17) is 0 Å². The molecule has 22 heavy (non-hydrogen) atoms. The lowest BCUT2D eigenvalue weighted by Crippen LogP contribution is -2.25. The topological polar surface area (TPSA) is 45.2 Å². The lowest BCUT2D eigenvalue weighted by atomic mass is 10.2. The molecule has 0 saturated heterocycles. The average molecular weight is 301 g/mol. The number of carbonyl (C=O) groups is 1. The van der Waals surface area contributed by atoms with E-state index in [0.717, 1.165) is 18.8 Å². The highest BCUT2D eigenvalue weighted by Crippen LogP contribution is 2.12. The van der Waals surface area contributed by atoms with E-state index in [0.29, 0.717) is 11.3 Å². The summed E-state index contributed by atoms with van der Waals surface area (Å²) < 4.78 is 13.5. The van der Waals surface area contributed by atoms with Crippen molar-refractivity contribution < 1.29 is 9.18 Å². The van der Waals surface area contributed by atoms with Gasteiger partial charge in [-0.25, -0.2) is 9.37 Å². The molecule has 0 aliphatic carbocycles. The fourth-order valence-corrected chi connectivity index (χ4v) is 2.20. The Morgan fingerprint density at radius 3 is 2.50 bits per heavy atom. The minimum Gasteiger partial charge on any atom is -0.371 e. The molecule has 5 heteroatoms. The maximum absolute atomic E-state index is 13.5. The molecule has 0 unspecified atom stereocenters. The number of aromatic nitrogens is 1. The Morgan fingerprint density at radius 2 is 1.91 bits per heavy atom. The van der Waals surface area contributed by atoms with Gasteiger partial charge in [0.15, 0.2) is 0 Å². The van der Waals surface area contributed by atoms with Crippen molar-refractivity contribution in [3.63, 3.8) is 0 Å². The van der Waals surface area contributed by atoms with Crippen LogP contribution in [-0.4, -0.2) is 24.0 Å². The van der Waals surface area contributed by atoms with Gasteiger partial charge in [0.2, 0.25) is 0 Å². The molecular formula is C17H20FN3O. The number of hydrogen-bond donors (Lipinski definition) is 1. The number of pyridine rings is 1. The molecule has 1 aromatic carbocycles. The molecular weight excluding hydrogens is 281 g/mol. The Bertz CT molecular complexity index is 624. The van der Waals surface area contributed by atoms with E-state index in [2.05, 4.69) is 29.0 Å². The summed E-state index contributed by atoms with van der Waals surface area (Å²) in [5, 5.41) is 2.68. The first-order valence-corrected chi connectivity index (χ1v) is 7.38. The Morgan fingerprint density at radius 1 is 1.18 bits per heavy atom. The van der Waals surface area contributed by atoms with Crippen molar-refractivity contribution in [2.45, 2.75) is 20.4 Å². The standard InChI is InChI=1S/C17H20FN3O/c1-3-21(4-2)14-9-10-16(19-12-14)17(22)20-11-13-7-5-6-8-15(13)18/h5-10,12H,3-4,11H2,1-2H3,(H,20,22). The van der Waals surface area contributed by atoms with E-state index in [1.165, 1.54) is 6.07 Å². The van der Waals surface area contributed by atoms with E-state index in [9.17, 15) is 9.18 Å². The quantitative estimate of drug-likeness (QED) is 0.892. The van der Waals surface area contributed by atoms with Crippen LogP contribution in [0.1, 0.15) is 29.9 Å². The summed E-state index contributed by atoms with van der Waals surface area (Å²) in [6, 6.07) is 9.93. The zero-order valence-electron chi connectivity index (χ0n) is 12.8. The predicted molar refractivity (Wildman–Crippen MR) is 85.4 cm³/mol. The van der Waals surface area contributed by atoms with Crippen molar-refractivity contribution in [3.05, 3.63) is 59.7 Å². The molecule has 1 amide bonds. The van der Waals surface area contributed by atoms with E-state index in [1.807, 2.05) is 6.07 Å². The van der Waals surface area contributed by atoms with Gasteiger partial charge in [0.25, 0.3) is 5.91 Å². The van der Waals surface area contributed by atoms with Crippen molar-refractivity contribution in [1.29, 1.82) is 0 Å². The van der Waals surface area contributed by atoms with Crippen LogP contribution < -0.4 is 10.2 Å². The number of hydrogen-bond acceptors (Lipinski definition) is 3. The van der Waals surface area contributed by atoms with Gasteiger partial charge < -0.3 is 10.2 Å². The van der Waals surface area contributed by atoms with E-state index < -0.39 is 0 Å². The van der Waals surface area contributed by atoms with Crippen molar-refractivity contribution in [3.8, 4) is 0 Å². The van der Waals surface area contributed by atoms with Gasteiger partial charge in [-0.3, -0.25) is 4.79 Å². The average Bonchev–Trinajstić information content (AvgIpc) is 2.55. The summed E-state index contributed by atoms with van der Waals surface area (Å²) in [6.45, 7) is 6.05. The molecule has 1 aromatic heterocycles. The fraction of sp³-hybridized carbons (Fsp3) is 0.294. The molecule has 1 N–H and O–H groups in total. The smallest absolute Gasteiger partial charge is 0.270 e. The summed E-state index contributed by atoms with van der Waals surface area (Å²) in [5.74, 6) is -0.637. The third-order valence-electron chi connectivity index (χ3n) is 3.51. The molecule has 0 spiro atoms. The first-order chi connectivity index (χ1) is 10.7. The van der Waals surface area contributed by atoms with Crippen LogP contribution >= 0.6 is 0 Å². The number of rotatable bonds is 6. The summed E-state index contributed by atoms with van der Waals surface area (Å²) in [6.07, 6.45) is 1.69. The third kappa shape index (κ3) is 3.81. The minimum atomic E-state index is -0.326. The van der Waals surface area contributed by atoms with Gasteiger partial charge in [-0.05, 0) is 32.0 Å². The van der Waals surface area contributed by atoms with Crippen molar-refractivity contribution in [2.24, 2.45) is 0 Å². The molecule has 1 heterocycles. The second kappa shape index (κ2) is 7.54. The molecule has 0 radical (unpaired) electrons. The van der Waals surface area contributed by atoms with Crippen molar-refractivity contribution in [1.82, 2.24) is 10.3 Å². The van der Waals surface area contributed by atoms with Gasteiger partial charge in [0.05, 0.1) is 11.9 Å². The highest BCUT2D eigenvalue weighted by molar-refractivity contribution is 5.92. The Kier molecular flexibility index (Phi) is 5.47. The summed E-state index contributed by atoms with van der Waals surface area (Å²) >= 11 is 0. The van der Waals surface area contributed by atoms with E-state index in [1.54, 1.807) is 30.5 Å². The Hall–Kier alpha value is -2.43. The predicted octanol–water partition coefficient (Wildman–Crippen LogP) is 3.00. The number of nitrogens with zero attached hydrogens (tertiary/aromatic N) is 2. The second-order valence-electron chi connectivity index (χ2n) is 4.85. The first-order valence-electron chi connectivity index (χ1n) is 7.38. The zero-order chi connectivity index (χ0) is 15.9. The van der Waals surface area contributed by atoms with Crippen molar-refractivity contribution in [2.75, 3.05) is 18.0 Å². The van der Waals surface area contributed by atoms with Crippen LogP contribution in [0.4, 0.5) is 10.1 Å². The number of amides is 1. The Labute approximate surface area is 130 Å².